The molecule has 0 aliphatic rings. The quantitative estimate of drug-likeness (QED) is 0.488. The molecule has 4 N–H and O–H groups in total. The minimum atomic E-state index is -1.36. The molecule has 0 unspecified atom stereocenters. The van der Waals surface area contributed by atoms with Crippen LogP contribution in [0.2, 0.25) is 0 Å². The van der Waals surface area contributed by atoms with E-state index in [1.54, 1.807) is 31.2 Å². The third-order valence-electron chi connectivity index (χ3n) is 3.42. The molecule has 142 valence electrons. The number of hydrogen-bond acceptors (Lipinski definition) is 5. The molecule has 0 saturated carbocycles. The number of benzene rings is 1. The number of hydrogen-bond donors (Lipinski definition) is 4. The molecule has 0 aliphatic carbocycles. The zero-order valence-electron chi connectivity index (χ0n) is 14.8. The summed E-state index contributed by atoms with van der Waals surface area (Å²) in [6, 6.07) is 6.37. The van der Waals surface area contributed by atoms with Crippen LogP contribution < -0.4 is 10.6 Å². The molecule has 0 heterocycles. The lowest BCUT2D eigenvalue weighted by Crippen LogP contribution is -2.55. The SMILES string of the molecule is C=C(C)C[C@@H](NC(=O)[C@@H](NC(=O)OCc1ccccc1)[C@@H](C)O)C(=O)O. The monoisotopic (exact) mass is 364 g/mol. The maximum Gasteiger partial charge on any atom is 0.408 e. The van der Waals surface area contributed by atoms with Gasteiger partial charge < -0.3 is 25.6 Å². The number of carbonyl (C=O) groups is 3. The molecule has 0 aliphatic heterocycles. The fourth-order valence-electron chi connectivity index (χ4n) is 2.11. The first-order chi connectivity index (χ1) is 12.2. The number of nitrogens with one attached hydrogen (secondary N) is 2. The van der Waals surface area contributed by atoms with E-state index in [0.717, 1.165) is 5.56 Å². The predicted molar refractivity (Wildman–Crippen MR) is 94.2 cm³/mol. The molecule has 8 nitrogen and oxygen atoms in total. The van der Waals surface area contributed by atoms with Crippen LogP contribution in [0.5, 0.6) is 0 Å². The Labute approximate surface area is 151 Å². The smallest absolute Gasteiger partial charge is 0.408 e. The van der Waals surface area contributed by atoms with Crippen LogP contribution >= 0.6 is 0 Å². The third-order valence-corrected chi connectivity index (χ3v) is 3.42. The molecule has 2 amide bonds. The second-order valence-corrected chi connectivity index (χ2v) is 5.98. The van der Waals surface area contributed by atoms with Crippen molar-refractivity contribution in [1.82, 2.24) is 10.6 Å². The molecular formula is C18H24N2O6. The highest BCUT2D eigenvalue weighted by Crippen LogP contribution is 2.05. The van der Waals surface area contributed by atoms with Gasteiger partial charge in [0.05, 0.1) is 6.10 Å². The van der Waals surface area contributed by atoms with Gasteiger partial charge in [0, 0.05) is 0 Å². The molecule has 26 heavy (non-hydrogen) atoms. The van der Waals surface area contributed by atoms with Crippen LogP contribution in [0, 0.1) is 0 Å². The number of alkyl carbamates (subject to hydrolysis) is 1. The van der Waals surface area contributed by atoms with E-state index < -0.39 is 36.2 Å². The van der Waals surface area contributed by atoms with Crippen molar-refractivity contribution in [1.29, 1.82) is 0 Å². The molecule has 3 atom stereocenters. The van der Waals surface area contributed by atoms with E-state index in [0.29, 0.717) is 5.57 Å². The number of amides is 2. The van der Waals surface area contributed by atoms with Gasteiger partial charge in [-0.25, -0.2) is 9.59 Å². The first-order valence-corrected chi connectivity index (χ1v) is 8.03. The Morgan fingerprint density at radius 2 is 1.81 bits per heavy atom. The van der Waals surface area contributed by atoms with E-state index >= 15 is 0 Å². The molecule has 0 spiro atoms. The summed E-state index contributed by atoms with van der Waals surface area (Å²) in [5.74, 6) is -2.07. The van der Waals surface area contributed by atoms with Crippen molar-refractivity contribution in [3.8, 4) is 0 Å². The van der Waals surface area contributed by atoms with Crippen LogP contribution in [0.1, 0.15) is 25.8 Å². The second kappa shape index (κ2) is 10.2. The van der Waals surface area contributed by atoms with Crippen LogP contribution in [-0.2, 0) is 20.9 Å². The number of carboxylic acid groups (broad SMARTS) is 1. The predicted octanol–water partition coefficient (Wildman–Crippen LogP) is 1.20. The van der Waals surface area contributed by atoms with Crippen LogP contribution in [0.3, 0.4) is 0 Å². The Morgan fingerprint density at radius 3 is 2.31 bits per heavy atom. The summed E-state index contributed by atoms with van der Waals surface area (Å²) in [6.07, 6.45) is -2.12. The fraction of sp³-hybridized carbons (Fsp3) is 0.389. The van der Waals surface area contributed by atoms with Crippen molar-refractivity contribution in [2.75, 3.05) is 0 Å². The zero-order valence-corrected chi connectivity index (χ0v) is 14.8. The van der Waals surface area contributed by atoms with Crippen molar-refractivity contribution in [2.45, 2.75) is 45.1 Å². The fourth-order valence-corrected chi connectivity index (χ4v) is 2.11. The van der Waals surface area contributed by atoms with E-state index in [2.05, 4.69) is 17.2 Å². The number of carboxylic acids is 1. The van der Waals surface area contributed by atoms with Crippen LogP contribution in [0.25, 0.3) is 0 Å². The van der Waals surface area contributed by atoms with Gasteiger partial charge in [0.2, 0.25) is 5.91 Å². The number of rotatable bonds is 9. The normalized spacial score (nSPS) is 13.8. The van der Waals surface area contributed by atoms with Crippen molar-refractivity contribution < 1.29 is 29.3 Å². The molecule has 0 radical (unpaired) electrons. The molecular weight excluding hydrogens is 340 g/mol. The van der Waals surface area contributed by atoms with E-state index in [1.165, 1.54) is 6.92 Å². The molecule has 8 heteroatoms. The second-order valence-electron chi connectivity index (χ2n) is 5.98. The summed E-state index contributed by atoms with van der Waals surface area (Å²) in [5, 5.41) is 23.4. The topological polar surface area (TPSA) is 125 Å². The van der Waals surface area contributed by atoms with E-state index in [4.69, 9.17) is 9.84 Å². The number of aliphatic hydroxyl groups is 1. The Bertz CT molecular complexity index is 644. The number of carbonyl (C=O) groups excluding carboxylic acids is 2. The minimum absolute atomic E-state index is 0.00572. The minimum Gasteiger partial charge on any atom is -0.480 e. The van der Waals surface area contributed by atoms with Crippen molar-refractivity contribution >= 4 is 18.0 Å². The lowest BCUT2D eigenvalue weighted by atomic mass is 10.1. The highest BCUT2D eigenvalue weighted by molar-refractivity contribution is 5.89. The van der Waals surface area contributed by atoms with E-state index in [9.17, 15) is 19.5 Å². The summed E-state index contributed by atoms with van der Waals surface area (Å²) in [6.45, 7) is 6.54. The lowest BCUT2D eigenvalue weighted by molar-refractivity contribution is -0.142. The van der Waals surface area contributed by atoms with Gasteiger partial charge in [-0.3, -0.25) is 4.79 Å². The summed E-state index contributed by atoms with van der Waals surface area (Å²) in [4.78, 5) is 35.3. The standard InChI is InChI=1S/C18H24N2O6/c1-11(2)9-14(17(23)24)19-16(22)15(12(3)21)20-18(25)26-10-13-7-5-4-6-8-13/h4-8,12,14-15,21H,1,9-10H2,2-3H3,(H,19,22)(H,20,25)(H,23,24)/t12-,14-,15+/m1/s1. The average Bonchev–Trinajstić information content (AvgIpc) is 2.57. The average molecular weight is 364 g/mol. The summed E-state index contributed by atoms with van der Waals surface area (Å²) >= 11 is 0. The Kier molecular flexibility index (Phi) is 8.30. The van der Waals surface area contributed by atoms with Crippen LogP contribution in [0.15, 0.2) is 42.5 Å². The van der Waals surface area contributed by atoms with Gasteiger partial charge >= 0.3 is 12.1 Å². The largest absolute Gasteiger partial charge is 0.480 e. The van der Waals surface area contributed by atoms with Gasteiger partial charge in [0.1, 0.15) is 18.7 Å². The number of aliphatic hydroxyl groups excluding tert-OH is 1. The first kappa shape index (κ1) is 21.2. The molecule has 1 aromatic carbocycles. The van der Waals surface area contributed by atoms with Gasteiger partial charge in [0.15, 0.2) is 0 Å². The van der Waals surface area contributed by atoms with E-state index in [1.807, 2.05) is 6.07 Å². The molecule has 0 saturated heterocycles. The Hall–Kier alpha value is -2.87. The molecule has 1 aromatic rings. The Morgan fingerprint density at radius 1 is 1.19 bits per heavy atom. The van der Waals surface area contributed by atoms with Crippen molar-refractivity contribution in [3.63, 3.8) is 0 Å². The molecule has 0 fully saturated rings. The maximum atomic E-state index is 12.3. The van der Waals surface area contributed by atoms with Gasteiger partial charge in [-0.05, 0) is 25.8 Å². The summed E-state index contributed by atoms with van der Waals surface area (Å²) < 4.78 is 5.00. The Balaban J connectivity index is 2.65. The van der Waals surface area contributed by atoms with Crippen molar-refractivity contribution in [3.05, 3.63) is 48.0 Å². The summed E-state index contributed by atoms with van der Waals surface area (Å²) in [5.41, 5.74) is 1.33. The van der Waals surface area contributed by atoms with Gasteiger partial charge in [-0.2, -0.15) is 0 Å². The molecule has 0 bridgehead atoms. The lowest BCUT2D eigenvalue weighted by Gasteiger charge is -2.23. The zero-order chi connectivity index (χ0) is 19.7. The molecule has 0 aromatic heterocycles. The maximum absolute atomic E-state index is 12.3. The van der Waals surface area contributed by atoms with Gasteiger partial charge in [-0.15, -0.1) is 6.58 Å². The van der Waals surface area contributed by atoms with Crippen LogP contribution in [-0.4, -0.2) is 46.4 Å². The summed E-state index contributed by atoms with van der Waals surface area (Å²) in [7, 11) is 0. The van der Waals surface area contributed by atoms with Gasteiger partial charge in [-0.1, -0.05) is 35.9 Å². The van der Waals surface area contributed by atoms with E-state index in [-0.39, 0.29) is 13.0 Å². The van der Waals surface area contributed by atoms with Gasteiger partial charge in [0.25, 0.3) is 0 Å². The first-order valence-electron chi connectivity index (χ1n) is 8.03. The number of ether oxygens (including phenoxy) is 1. The molecule has 1 rings (SSSR count). The number of aliphatic carboxylic acids is 1. The highest BCUT2D eigenvalue weighted by Gasteiger charge is 2.30. The third kappa shape index (κ3) is 7.35. The van der Waals surface area contributed by atoms with Crippen LogP contribution in [0.4, 0.5) is 4.79 Å². The van der Waals surface area contributed by atoms with Crippen molar-refractivity contribution in [2.24, 2.45) is 0 Å². The highest BCUT2D eigenvalue weighted by atomic mass is 16.5.